The minimum absolute atomic E-state index is 0.140. The van der Waals surface area contributed by atoms with E-state index >= 15 is 0 Å². The SMILES string of the molecule is CCOC(=O)C(C)(CCCN)c1ccc(F)cc1F. The molecule has 0 aromatic heterocycles. The topological polar surface area (TPSA) is 52.3 Å². The van der Waals surface area contributed by atoms with Crippen LogP contribution in [0.25, 0.3) is 0 Å². The number of rotatable bonds is 6. The van der Waals surface area contributed by atoms with Gasteiger partial charge in [-0.25, -0.2) is 8.78 Å². The molecule has 0 saturated heterocycles. The second-order valence-corrected chi connectivity index (χ2v) is 4.57. The number of esters is 1. The maximum absolute atomic E-state index is 13.9. The van der Waals surface area contributed by atoms with Gasteiger partial charge >= 0.3 is 5.97 Å². The van der Waals surface area contributed by atoms with Crippen molar-refractivity contribution in [2.24, 2.45) is 5.73 Å². The zero-order valence-corrected chi connectivity index (χ0v) is 11.2. The Bertz CT molecular complexity index is 451. The van der Waals surface area contributed by atoms with Crippen LogP contribution in [0.1, 0.15) is 32.3 Å². The maximum Gasteiger partial charge on any atom is 0.316 e. The normalized spacial score (nSPS) is 13.9. The van der Waals surface area contributed by atoms with Gasteiger partial charge in [0.1, 0.15) is 11.6 Å². The highest BCUT2D eigenvalue weighted by Gasteiger charge is 2.38. The fraction of sp³-hybridized carbons (Fsp3) is 0.500. The molecule has 0 amide bonds. The molecule has 0 aliphatic heterocycles. The third-order valence-electron chi connectivity index (χ3n) is 3.13. The van der Waals surface area contributed by atoms with Gasteiger partial charge in [0.2, 0.25) is 0 Å². The van der Waals surface area contributed by atoms with Gasteiger partial charge in [0, 0.05) is 11.6 Å². The maximum atomic E-state index is 13.9. The first-order chi connectivity index (χ1) is 8.95. The second kappa shape index (κ2) is 6.61. The lowest BCUT2D eigenvalue weighted by Gasteiger charge is -2.28. The van der Waals surface area contributed by atoms with Gasteiger partial charge in [-0.2, -0.15) is 0 Å². The van der Waals surface area contributed by atoms with Crippen LogP contribution in [0.15, 0.2) is 18.2 Å². The Balaban J connectivity index is 3.18. The molecule has 5 heteroatoms. The van der Waals surface area contributed by atoms with E-state index in [4.69, 9.17) is 10.5 Å². The molecule has 106 valence electrons. The van der Waals surface area contributed by atoms with Gasteiger partial charge in [0.05, 0.1) is 12.0 Å². The Morgan fingerprint density at radius 1 is 1.42 bits per heavy atom. The standard InChI is InChI=1S/C14H19F2NO2/c1-3-19-13(18)14(2,7-4-8-17)11-6-5-10(15)9-12(11)16/h5-6,9H,3-4,7-8,17H2,1-2H3. The van der Waals surface area contributed by atoms with Crippen LogP contribution in [0, 0.1) is 11.6 Å². The molecule has 0 spiro atoms. The van der Waals surface area contributed by atoms with Crippen LogP contribution >= 0.6 is 0 Å². The Morgan fingerprint density at radius 2 is 2.11 bits per heavy atom. The largest absolute Gasteiger partial charge is 0.465 e. The van der Waals surface area contributed by atoms with Gasteiger partial charge in [-0.3, -0.25) is 4.79 Å². The molecule has 0 fully saturated rings. The van der Waals surface area contributed by atoms with Crippen LogP contribution in [0.4, 0.5) is 8.78 Å². The van der Waals surface area contributed by atoms with E-state index in [1.807, 2.05) is 0 Å². The molecule has 0 aliphatic carbocycles. The summed E-state index contributed by atoms with van der Waals surface area (Å²) in [7, 11) is 0. The number of hydrogen-bond acceptors (Lipinski definition) is 3. The number of benzene rings is 1. The highest BCUT2D eigenvalue weighted by atomic mass is 19.1. The van der Waals surface area contributed by atoms with Crippen LogP contribution in [0.5, 0.6) is 0 Å². The fourth-order valence-corrected chi connectivity index (χ4v) is 2.03. The average molecular weight is 271 g/mol. The lowest BCUT2D eigenvalue weighted by Crippen LogP contribution is -2.36. The number of nitrogens with two attached hydrogens (primary N) is 1. The molecule has 0 saturated carbocycles. The summed E-state index contributed by atoms with van der Waals surface area (Å²) < 4.78 is 31.9. The van der Waals surface area contributed by atoms with Crippen molar-refractivity contribution < 1.29 is 18.3 Å². The highest BCUT2D eigenvalue weighted by molar-refractivity contribution is 5.82. The van der Waals surface area contributed by atoms with Crippen molar-refractivity contribution in [2.45, 2.75) is 32.1 Å². The number of carbonyl (C=O) groups excluding carboxylic acids is 1. The Hall–Kier alpha value is -1.49. The van der Waals surface area contributed by atoms with Crippen molar-refractivity contribution in [1.29, 1.82) is 0 Å². The van der Waals surface area contributed by atoms with Gasteiger partial charge in [-0.15, -0.1) is 0 Å². The van der Waals surface area contributed by atoms with Crippen molar-refractivity contribution in [2.75, 3.05) is 13.2 Å². The summed E-state index contributed by atoms with van der Waals surface area (Å²) in [5.41, 5.74) is 4.44. The number of ether oxygens (including phenoxy) is 1. The summed E-state index contributed by atoms with van der Waals surface area (Å²) in [6.07, 6.45) is 0.900. The van der Waals surface area contributed by atoms with Crippen LogP contribution in [-0.2, 0) is 14.9 Å². The smallest absolute Gasteiger partial charge is 0.316 e. The van der Waals surface area contributed by atoms with E-state index in [1.165, 1.54) is 6.07 Å². The second-order valence-electron chi connectivity index (χ2n) is 4.57. The van der Waals surface area contributed by atoms with Crippen LogP contribution in [-0.4, -0.2) is 19.1 Å². The van der Waals surface area contributed by atoms with E-state index in [-0.39, 0.29) is 12.2 Å². The molecule has 1 aromatic carbocycles. The molecule has 0 aliphatic rings. The van der Waals surface area contributed by atoms with Crippen molar-refractivity contribution in [3.8, 4) is 0 Å². The van der Waals surface area contributed by atoms with Crippen LogP contribution < -0.4 is 5.73 Å². The van der Waals surface area contributed by atoms with E-state index in [9.17, 15) is 13.6 Å². The molecular weight excluding hydrogens is 252 g/mol. The molecule has 2 N–H and O–H groups in total. The summed E-state index contributed by atoms with van der Waals surface area (Å²) in [4.78, 5) is 12.1. The van der Waals surface area contributed by atoms with Crippen molar-refractivity contribution in [3.05, 3.63) is 35.4 Å². The Kier molecular flexibility index (Phi) is 5.42. The predicted molar refractivity (Wildman–Crippen MR) is 68.6 cm³/mol. The summed E-state index contributed by atoms with van der Waals surface area (Å²) >= 11 is 0. The zero-order chi connectivity index (χ0) is 14.5. The molecule has 1 unspecified atom stereocenters. The molecule has 1 aromatic rings. The monoisotopic (exact) mass is 271 g/mol. The zero-order valence-electron chi connectivity index (χ0n) is 11.2. The predicted octanol–water partition coefficient (Wildman–Crippen LogP) is 2.52. The Morgan fingerprint density at radius 3 is 2.63 bits per heavy atom. The van der Waals surface area contributed by atoms with Crippen molar-refractivity contribution in [3.63, 3.8) is 0 Å². The van der Waals surface area contributed by atoms with Crippen molar-refractivity contribution in [1.82, 2.24) is 0 Å². The quantitative estimate of drug-likeness (QED) is 0.809. The summed E-state index contributed by atoms with van der Waals surface area (Å²) in [6.45, 7) is 3.87. The number of carbonyl (C=O) groups is 1. The van der Waals surface area contributed by atoms with E-state index in [2.05, 4.69) is 0 Å². The summed E-state index contributed by atoms with van der Waals surface area (Å²) in [6, 6.07) is 3.20. The van der Waals surface area contributed by atoms with E-state index < -0.39 is 23.0 Å². The molecule has 1 rings (SSSR count). The first kappa shape index (κ1) is 15.6. The number of hydrogen-bond donors (Lipinski definition) is 1. The minimum atomic E-state index is -1.15. The van der Waals surface area contributed by atoms with E-state index in [0.717, 1.165) is 12.1 Å². The fourth-order valence-electron chi connectivity index (χ4n) is 2.03. The number of halogens is 2. The van der Waals surface area contributed by atoms with Gasteiger partial charge < -0.3 is 10.5 Å². The van der Waals surface area contributed by atoms with Crippen LogP contribution in [0.3, 0.4) is 0 Å². The van der Waals surface area contributed by atoms with E-state index in [0.29, 0.717) is 19.4 Å². The molecule has 0 bridgehead atoms. The van der Waals surface area contributed by atoms with Crippen molar-refractivity contribution >= 4 is 5.97 Å². The molecule has 19 heavy (non-hydrogen) atoms. The first-order valence-corrected chi connectivity index (χ1v) is 6.28. The summed E-state index contributed by atoms with van der Waals surface area (Å²) in [5, 5.41) is 0. The van der Waals surface area contributed by atoms with Gasteiger partial charge in [0.15, 0.2) is 0 Å². The van der Waals surface area contributed by atoms with Crippen LogP contribution in [0.2, 0.25) is 0 Å². The van der Waals surface area contributed by atoms with Gasteiger partial charge in [-0.05, 0) is 39.3 Å². The minimum Gasteiger partial charge on any atom is -0.465 e. The molecule has 0 heterocycles. The average Bonchev–Trinajstić information content (AvgIpc) is 2.36. The molecule has 0 radical (unpaired) electrons. The van der Waals surface area contributed by atoms with E-state index in [1.54, 1.807) is 13.8 Å². The third-order valence-corrected chi connectivity index (χ3v) is 3.13. The summed E-state index contributed by atoms with van der Waals surface area (Å²) in [5.74, 6) is -1.94. The molecule has 3 nitrogen and oxygen atoms in total. The lowest BCUT2D eigenvalue weighted by molar-refractivity contribution is -0.150. The van der Waals surface area contributed by atoms with Gasteiger partial charge in [-0.1, -0.05) is 6.07 Å². The Labute approximate surface area is 111 Å². The molecule has 1 atom stereocenters. The lowest BCUT2D eigenvalue weighted by atomic mass is 9.78. The first-order valence-electron chi connectivity index (χ1n) is 6.28. The van der Waals surface area contributed by atoms with Gasteiger partial charge in [0.25, 0.3) is 0 Å². The highest BCUT2D eigenvalue weighted by Crippen LogP contribution is 2.32. The molecular formula is C14H19F2NO2. The third kappa shape index (κ3) is 3.50.